The molecule has 1 saturated heterocycles. The third-order valence-electron chi connectivity index (χ3n) is 3.18. The number of rotatable bonds is 5. The van der Waals surface area contributed by atoms with Gasteiger partial charge in [0.15, 0.2) is 0 Å². The molecule has 1 aliphatic rings. The van der Waals surface area contributed by atoms with Crippen molar-refractivity contribution in [2.24, 2.45) is 0 Å². The van der Waals surface area contributed by atoms with Crippen LogP contribution in [0.1, 0.15) is 24.8 Å². The molecule has 0 bridgehead atoms. The number of halogens is 2. The zero-order valence-electron chi connectivity index (χ0n) is 10.6. The van der Waals surface area contributed by atoms with Gasteiger partial charge in [0, 0.05) is 24.0 Å². The fourth-order valence-corrected chi connectivity index (χ4v) is 2.55. The van der Waals surface area contributed by atoms with Crippen LogP contribution in [0.4, 0.5) is 4.39 Å². The Morgan fingerprint density at radius 1 is 1.53 bits per heavy atom. The highest BCUT2D eigenvalue weighted by atomic mass is 79.9. The first-order valence-electron chi connectivity index (χ1n) is 6.47. The van der Waals surface area contributed by atoms with E-state index < -0.39 is 0 Å². The molecule has 0 saturated carbocycles. The molecule has 1 atom stereocenters. The van der Waals surface area contributed by atoms with Gasteiger partial charge in [-0.15, -0.1) is 0 Å². The highest BCUT2D eigenvalue weighted by Gasteiger charge is 2.16. The zero-order chi connectivity index (χ0) is 13.7. The van der Waals surface area contributed by atoms with E-state index in [-0.39, 0.29) is 17.8 Å². The van der Waals surface area contributed by atoms with Crippen molar-refractivity contribution in [2.45, 2.75) is 31.8 Å². The molecule has 1 aromatic rings. The number of nitrogens with one attached hydrogen (secondary N) is 1. The fourth-order valence-electron chi connectivity index (χ4n) is 2.10. The van der Waals surface area contributed by atoms with E-state index in [4.69, 9.17) is 4.74 Å². The van der Waals surface area contributed by atoms with Crippen LogP contribution in [0.25, 0.3) is 0 Å². The number of amides is 1. The quantitative estimate of drug-likeness (QED) is 0.902. The molecular formula is C14H17BrFNO2. The normalized spacial score (nSPS) is 18.5. The standard InChI is InChI=1S/C14H17BrFNO2/c15-13-5-4-11(16)8-10(13)3-6-14(18)17-9-12-2-1-7-19-12/h4-5,8,12H,1-3,6-7,9H2,(H,17,18). The van der Waals surface area contributed by atoms with Crippen molar-refractivity contribution in [3.63, 3.8) is 0 Å². The summed E-state index contributed by atoms with van der Waals surface area (Å²) < 4.78 is 19.3. The minimum Gasteiger partial charge on any atom is -0.376 e. The summed E-state index contributed by atoms with van der Waals surface area (Å²) in [7, 11) is 0. The summed E-state index contributed by atoms with van der Waals surface area (Å²) in [6.07, 6.45) is 3.11. The Hall–Kier alpha value is -0.940. The van der Waals surface area contributed by atoms with Crippen LogP contribution in [0.5, 0.6) is 0 Å². The van der Waals surface area contributed by atoms with E-state index in [1.807, 2.05) is 0 Å². The number of carbonyl (C=O) groups excluding carboxylic acids is 1. The number of benzene rings is 1. The van der Waals surface area contributed by atoms with Crippen molar-refractivity contribution in [1.29, 1.82) is 0 Å². The summed E-state index contributed by atoms with van der Waals surface area (Å²) in [5.74, 6) is -0.301. The predicted molar refractivity (Wildman–Crippen MR) is 74.4 cm³/mol. The molecule has 0 radical (unpaired) electrons. The highest BCUT2D eigenvalue weighted by Crippen LogP contribution is 2.19. The molecule has 19 heavy (non-hydrogen) atoms. The first kappa shape index (κ1) is 14.5. The molecule has 1 heterocycles. The molecule has 2 rings (SSSR count). The summed E-state index contributed by atoms with van der Waals surface area (Å²) in [6, 6.07) is 4.51. The molecule has 1 fully saturated rings. The largest absolute Gasteiger partial charge is 0.376 e. The molecule has 1 amide bonds. The molecule has 0 aromatic heterocycles. The minimum atomic E-state index is -0.280. The Bertz CT molecular complexity index is 447. The molecule has 5 heteroatoms. The Morgan fingerprint density at radius 2 is 2.37 bits per heavy atom. The topological polar surface area (TPSA) is 38.3 Å². The van der Waals surface area contributed by atoms with Crippen LogP contribution >= 0.6 is 15.9 Å². The molecule has 3 nitrogen and oxygen atoms in total. The second kappa shape index (κ2) is 7.01. The predicted octanol–water partition coefficient (Wildman–Crippen LogP) is 2.82. The zero-order valence-corrected chi connectivity index (χ0v) is 12.2. The number of hydrogen-bond donors (Lipinski definition) is 1. The summed E-state index contributed by atoms with van der Waals surface area (Å²) in [5.41, 5.74) is 0.812. The van der Waals surface area contributed by atoms with Gasteiger partial charge in [-0.2, -0.15) is 0 Å². The van der Waals surface area contributed by atoms with Gasteiger partial charge >= 0.3 is 0 Å². The summed E-state index contributed by atoms with van der Waals surface area (Å²) >= 11 is 3.36. The summed E-state index contributed by atoms with van der Waals surface area (Å²) in [4.78, 5) is 11.7. The van der Waals surface area contributed by atoms with Gasteiger partial charge in [0.2, 0.25) is 5.91 Å². The fraction of sp³-hybridized carbons (Fsp3) is 0.500. The second-order valence-electron chi connectivity index (χ2n) is 4.67. The Kier molecular flexibility index (Phi) is 5.34. The number of aryl methyl sites for hydroxylation is 1. The molecule has 0 spiro atoms. The van der Waals surface area contributed by atoms with Gasteiger partial charge in [0.05, 0.1) is 6.10 Å². The van der Waals surface area contributed by atoms with Gasteiger partial charge in [-0.25, -0.2) is 4.39 Å². The van der Waals surface area contributed by atoms with Gasteiger partial charge < -0.3 is 10.1 Å². The average Bonchev–Trinajstić information content (AvgIpc) is 2.90. The van der Waals surface area contributed by atoms with E-state index in [9.17, 15) is 9.18 Å². The van der Waals surface area contributed by atoms with Gasteiger partial charge in [-0.1, -0.05) is 15.9 Å². The number of hydrogen-bond acceptors (Lipinski definition) is 2. The Morgan fingerprint density at radius 3 is 3.11 bits per heavy atom. The van der Waals surface area contributed by atoms with E-state index in [0.717, 1.165) is 29.5 Å². The number of carbonyl (C=O) groups is 1. The lowest BCUT2D eigenvalue weighted by molar-refractivity contribution is -0.121. The maximum absolute atomic E-state index is 13.1. The SMILES string of the molecule is O=C(CCc1cc(F)ccc1Br)NCC1CCCO1. The third kappa shape index (κ3) is 4.58. The Labute approximate surface area is 120 Å². The van der Waals surface area contributed by atoms with Crippen molar-refractivity contribution in [3.05, 3.63) is 34.1 Å². The molecule has 104 valence electrons. The van der Waals surface area contributed by atoms with Crippen LogP contribution in [0.15, 0.2) is 22.7 Å². The summed E-state index contributed by atoms with van der Waals surface area (Å²) in [5, 5.41) is 2.86. The van der Waals surface area contributed by atoms with Crippen LogP contribution in [0.2, 0.25) is 0 Å². The van der Waals surface area contributed by atoms with Crippen LogP contribution in [-0.2, 0) is 16.0 Å². The van der Waals surface area contributed by atoms with Crippen LogP contribution in [0.3, 0.4) is 0 Å². The molecule has 1 N–H and O–H groups in total. The van der Waals surface area contributed by atoms with Crippen LogP contribution in [-0.4, -0.2) is 25.2 Å². The molecular weight excluding hydrogens is 313 g/mol. The van der Waals surface area contributed by atoms with Crippen LogP contribution < -0.4 is 5.32 Å². The van der Waals surface area contributed by atoms with E-state index >= 15 is 0 Å². The van der Waals surface area contributed by atoms with Crippen molar-refractivity contribution < 1.29 is 13.9 Å². The third-order valence-corrected chi connectivity index (χ3v) is 3.95. The molecule has 1 aromatic carbocycles. The lowest BCUT2D eigenvalue weighted by atomic mass is 10.1. The molecule has 1 unspecified atom stereocenters. The summed E-state index contributed by atoms with van der Waals surface area (Å²) in [6.45, 7) is 1.36. The van der Waals surface area contributed by atoms with E-state index in [0.29, 0.717) is 19.4 Å². The number of ether oxygens (including phenoxy) is 1. The minimum absolute atomic E-state index is 0.0216. The first-order chi connectivity index (χ1) is 9.15. The molecule has 0 aliphatic carbocycles. The van der Waals surface area contributed by atoms with Gasteiger partial charge in [-0.05, 0) is 43.0 Å². The van der Waals surface area contributed by atoms with Crippen LogP contribution in [0, 0.1) is 5.82 Å². The average molecular weight is 330 g/mol. The maximum Gasteiger partial charge on any atom is 0.220 e. The second-order valence-corrected chi connectivity index (χ2v) is 5.53. The van der Waals surface area contributed by atoms with E-state index in [1.54, 1.807) is 6.07 Å². The highest BCUT2D eigenvalue weighted by molar-refractivity contribution is 9.10. The van der Waals surface area contributed by atoms with Crippen molar-refractivity contribution in [2.75, 3.05) is 13.2 Å². The lowest BCUT2D eigenvalue weighted by Crippen LogP contribution is -2.31. The van der Waals surface area contributed by atoms with E-state index in [2.05, 4.69) is 21.2 Å². The lowest BCUT2D eigenvalue weighted by Gasteiger charge is -2.11. The van der Waals surface area contributed by atoms with E-state index in [1.165, 1.54) is 12.1 Å². The smallest absolute Gasteiger partial charge is 0.220 e. The monoisotopic (exact) mass is 329 g/mol. The Balaban J connectivity index is 1.74. The van der Waals surface area contributed by atoms with Crippen molar-refractivity contribution in [1.82, 2.24) is 5.32 Å². The maximum atomic E-state index is 13.1. The first-order valence-corrected chi connectivity index (χ1v) is 7.26. The van der Waals surface area contributed by atoms with Gasteiger partial charge in [-0.3, -0.25) is 4.79 Å². The van der Waals surface area contributed by atoms with Crippen molar-refractivity contribution >= 4 is 21.8 Å². The van der Waals surface area contributed by atoms with Gasteiger partial charge in [0.25, 0.3) is 0 Å². The van der Waals surface area contributed by atoms with Gasteiger partial charge in [0.1, 0.15) is 5.82 Å². The van der Waals surface area contributed by atoms with Crippen molar-refractivity contribution in [3.8, 4) is 0 Å². The molecule has 1 aliphatic heterocycles.